The van der Waals surface area contributed by atoms with Crippen LogP contribution in [0.2, 0.25) is 10.0 Å². The van der Waals surface area contributed by atoms with E-state index in [0.29, 0.717) is 15.6 Å². The van der Waals surface area contributed by atoms with Gasteiger partial charge in [-0.1, -0.05) is 50.0 Å². The number of hydrogen-bond acceptors (Lipinski definition) is 1. The lowest BCUT2D eigenvalue weighted by atomic mass is 9.74. The van der Waals surface area contributed by atoms with Gasteiger partial charge in [0.1, 0.15) is 5.67 Å². The van der Waals surface area contributed by atoms with Crippen LogP contribution >= 0.6 is 23.2 Å². The van der Waals surface area contributed by atoms with Gasteiger partial charge in [-0.25, -0.2) is 4.39 Å². The molecule has 2 N–H and O–H groups in total. The monoisotopic (exact) mass is 277 g/mol. The molecule has 1 aromatic carbocycles. The third kappa shape index (κ3) is 3.12. The summed E-state index contributed by atoms with van der Waals surface area (Å²) >= 11 is 12.1. The maximum atomic E-state index is 14.8. The molecule has 1 rings (SSSR count). The van der Waals surface area contributed by atoms with Gasteiger partial charge in [0.05, 0.1) is 0 Å². The van der Waals surface area contributed by atoms with E-state index in [-0.39, 0.29) is 13.0 Å². The van der Waals surface area contributed by atoms with E-state index < -0.39 is 11.1 Å². The SMILES string of the molecule is CC(C)(C)C(F)(CN)Cc1c(Cl)cccc1Cl. The largest absolute Gasteiger partial charge is 0.327 e. The van der Waals surface area contributed by atoms with Crippen molar-refractivity contribution in [1.29, 1.82) is 0 Å². The van der Waals surface area contributed by atoms with Gasteiger partial charge in [-0.15, -0.1) is 0 Å². The summed E-state index contributed by atoms with van der Waals surface area (Å²) in [7, 11) is 0. The molecule has 0 aromatic heterocycles. The molecule has 0 spiro atoms. The van der Waals surface area contributed by atoms with E-state index in [1.54, 1.807) is 18.2 Å². The molecule has 1 aromatic rings. The number of alkyl halides is 1. The molecular weight excluding hydrogens is 260 g/mol. The minimum absolute atomic E-state index is 0.0575. The van der Waals surface area contributed by atoms with Crippen LogP contribution in [0.25, 0.3) is 0 Å². The van der Waals surface area contributed by atoms with Crippen molar-refractivity contribution in [2.45, 2.75) is 32.9 Å². The highest BCUT2D eigenvalue weighted by molar-refractivity contribution is 6.36. The van der Waals surface area contributed by atoms with E-state index in [9.17, 15) is 4.39 Å². The van der Waals surface area contributed by atoms with E-state index in [0.717, 1.165) is 0 Å². The van der Waals surface area contributed by atoms with E-state index in [1.807, 2.05) is 20.8 Å². The Balaban J connectivity index is 3.12. The minimum atomic E-state index is -1.53. The fourth-order valence-corrected chi connectivity index (χ4v) is 2.16. The predicted molar refractivity (Wildman–Crippen MR) is 72.5 cm³/mol. The second kappa shape index (κ2) is 5.13. The van der Waals surface area contributed by atoms with Crippen LogP contribution in [0.15, 0.2) is 18.2 Å². The van der Waals surface area contributed by atoms with Crippen LogP contribution in [0, 0.1) is 5.41 Å². The Kier molecular flexibility index (Phi) is 4.45. The van der Waals surface area contributed by atoms with Gasteiger partial charge in [-0.2, -0.15) is 0 Å². The highest BCUT2D eigenvalue weighted by atomic mass is 35.5. The average molecular weight is 278 g/mol. The normalized spacial score (nSPS) is 15.7. The average Bonchev–Trinajstić information content (AvgIpc) is 2.22. The van der Waals surface area contributed by atoms with Crippen molar-refractivity contribution >= 4 is 23.2 Å². The quantitative estimate of drug-likeness (QED) is 0.878. The zero-order valence-electron chi connectivity index (χ0n) is 10.4. The molecule has 1 nitrogen and oxygen atoms in total. The van der Waals surface area contributed by atoms with Crippen molar-refractivity contribution in [2.24, 2.45) is 11.1 Å². The first-order valence-corrected chi connectivity index (χ1v) is 6.29. The first-order chi connectivity index (χ1) is 7.71. The van der Waals surface area contributed by atoms with Crippen molar-refractivity contribution in [3.8, 4) is 0 Å². The second-order valence-corrected chi connectivity index (χ2v) is 6.11. The number of benzene rings is 1. The first-order valence-electron chi connectivity index (χ1n) is 5.53. The molecule has 0 heterocycles. The molecule has 0 aliphatic carbocycles. The van der Waals surface area contributed by atoms with Crippen LogP contribution in [-0.4, -0.2) is 12.2 Å². The van der Waals surface area contributed by atoms with Crippen LogP contribution in [0.3, 0.4) is 0 Å². The molecule has 0 radical (unpaired) electrons. The van der Waals surface area contributed by atoms with Crippen LogP contribution in [0.4, 0.5) is 4.39 Å². The van der Waals surface area contributed by atoms with Gasteiger partial charge in [0.25, 0.3) is 0 Å². The Morgan fingerprint density at radius 3 is 2.00 bits per heavy atom. The summed E-state index contributed by atoms with van der Waals surface area (Å²) in [4.78, 5) is 0. The molecule has 0 saturated carbocycles. The lowest BCUT2D eigenvalue weighted by Gasteiger charge is -2.37. The van der Waals surface area contributed by atoms with Gasteiger partial charge in [-0.05, 0) is 23.1 Å². The van der Waals surface area contributed by atoms with E-state index in [1.165, 1.54) is 0 Å². The number of hydrogen-bond donors (Lipinski definition) is 1. The summed E-state index contributed by atoms with van der Waals surface area (Å²) in [5.41, 5.74) is 4.11. The third-order valence-electron chi connectivity index (χ3n) is 3.19. The molecule has 0 aliphatic rings. The molecule has 17 heavy (non-hydrogen) atoms. The van der Waals surface area contributed by atoms with Crippen LogP contribution in [-0.2, 0) is 6.42 Å². The van der Waals surface area contributed by atoms with Crippen LogP contribution in [0.5, 0.6) is 0 Å². The molecule has 96 valence electrons. The van der Waals surface area contributed by atoms with Gasteiger partial charge in [0, 0.05) is 23.0 Å². The van der Waals surface area contributed by atoms with Crippen molar-refractivity contribution in [3.05, 3.63) is 33.8 Å². The zero-order valence-corrected chi connectivity index (χ0v) is 11.9. The number of halogens is 3. The molecule has 0 amide bonds. The van der Waals surface area contributed by atoms with E-state index in [4.69, 9.17) is 28.9 Å². The number of nitrogens with two attached hydrogens (primary N) is 1. The molecule has 0 bridgehead atoms. The topological polar surface area (TPSA) is 26.0 Å². The Morgan fingerprint density at radius 2 is 1.65 bits per heavy atom. The van der Waals surface area contributed by atoms with Gasteiger partial charge in [-0.3, -0.25) is 0 Å². The zero-order chi connectivity index (χ0) is 13.3. The molecular formula is C13H18Cl2FN. The fourth-order valence-electron chi connectivity index (χ4n) is 1.62. The predicted octanol–water partition coefficient (Wildman–Crippen LogP) is 4.25. The second-order valence-electron chi connectivity index (χ2n) is 5.30. The molecule has 0 fully saturated rings. The van der Waals surface area contributed by atoms with Gasteiger partial charge >= 0.3 is 0 Å². The Morgan fingerprint density at radius 1 is 1.18 bits per heavy atom. The molecule has 1 unspecified atom stereocenters. The van der Waals surface area contributed by atoms with Gasteiger partial charge in [0.15, 0.2) is 0 Å². The third-order valence-corrected chi connectivity index (χ3v) is 3.89. The summed E-state index contributed by atoms with van der Waals surface area (Å²) in [6.07, 6.45) is 0.130. The Labute approximate surface area is 112 Å². The van der Waals surface area contributed by atoms with Crippen molar-refractivity contribution in [1.82, 2.24) is 0 Å². The molecule has 4 heteroatoms. The summed E-state index contributed by atoms with van der Waals surface area (Å²) in [5, 5.41) is 0.967. The highest BCUT2D eigenvalue weighted by Crippen LogP contribution is 2.39. The molecule has 1 atom stereocenters. The van der Waals surface area contributed by atoms with Gasteiger partial charge < -0.3 is 5.73 Å². The van der Waals surface area contributed by atoms with E-state index in [2.05, 4.69) is 0 Å². The Bertz CT molecular complexity index is 381. The van der Waals surface area contributed by atoms with E-state index >= 15 is 0 Å². The van der Waals surface area contributed by atoms with Crippen molar-refractivity contribution in [2.75, 3.05) is 6.54 Å². The first kappa shape index (κ1) is 14.7. The maximum absolute atomic E-state index is 14.8. The lowest BCUT2D eigenvalue weighted by Crippen LogP contribution is -2.47. The van der Waals surface area contributed by atoms with Crippen LogP contribution < -0.4 is 5.73 Å². The maximum Gasteiger partial charge on any atom is 0.132 e. The summed E-state index contributed by atoms with van der Waals surface area (Å²) in [5.74, 6) is 0. The van der Waals surface area contributed by atoms with Crippen molar-refractivity contribution in [3.63, 3.8) is 0 Å². The minimum Gasteiger partial charge on any atom is -0.327 e. The highest BCUT2D eigenvalue weighted by Gasteiger charge is 2.42. The summed E-state index contributed by atoms with van der Waals surface area (Å²) in [6.45, 7) is 5.41. The lowest BCUT2D eigenvalue weighted by molar-refractivity contribution is 0.0383. The molecule has 0 aliphatic heterocycles. The standard InChI is InChI=1S/C13H18Cl2FN/c1-12(2,3)13(16,8-17)7-9-10(14)5-4-6-11(9)15/h4-6H,7-8,17H2,1-3H3. The van der Waals surface area contributed by atoms with Crippen LogP contribution in [0.1, 0.15) is 26.3 Å². The van der Waals surface area contributed by atoms with Crippen molar-refractivity contribution < 1.29 is 4.39 Å². The van der Waals surface area contributed by atoms with Gasteiger partial charge in [0.2, 0.25) is 0 Å². The fraction of sp³-hybridized carbons (Fsp3) is 0.538. The Hall–Kier alpha value is -0.310. The summed E-state index contributed by atoms with van der Waals surface area (Å²) < 4.78 is 14.8. The summed E-state index contributed by atoms with van der Waals surface area (Å²) in [6, 6.07) is 5.17. The smallest absolute Gasteiger partial charge is 0.132 e. The number of rotatable bonds is 3. The molecule has 0 saturated heterocycles.